The first-order valence-corrected chi connectivity index (χ1v) is 8.76. The van der Waals surface area contributed by atoms with Crippen LogP contribution in [0, 0.1) is 0 Å². The van der Waals surface area contributed by atoms with Gasteiger partial charge < -0.3 is 14.3 Å². The van der Waals surface area contributed by atoms with Crippen molar-refractivity contribution in [1.29, 1.82) is 0 Å². The first-order chi connectivity index (χ1) is 7.28. The van der Waals surface area contributed by atoms with Gasteiger partial charge in [-0.2, -0.15) is 0 Å². The smallest absolute Gasteiger partial charge is 0.193 e. The van der Waals surface area contributed by atoms with Crippen LogP contribution >= 0.6 is 0 Å². The van der Waals surface area contributed by atoms with E-state index in [1.165, 1.54) is 0 Å². The monoisotopic (exact) mass is 244 g/mol. The van der Waals surface area contributed by atoms with Crippen LogP contribution in [-0.2, 0) is 9.16 Å². The highest BCUT2D eigenvalue weighted by Crippen LogP contribution is 2.38. The Bertz CT molecular complexity index is 255. The van der Waals surface area contributed by atoms with Crippen molar-refractivity contribution in [1.82, 2.24) is 0 Å². The van der Waals surface area contributed by atoms with Crippen molar-refractivity contribution < 1.29 is 14.3 Å². The average Bonchev–Trinajstić information content (AvgIpc) is 2.16. The van der Waals surface area contributed by atoms with Crippen molar-refractivity contribution in [3.05, 3.63) is 12.2 Å². The van der Waals surface area contributed by atoms with Crippen molar-refractivity contribution >= 4 is 8.32 Å². The zero-order valence-corrected chi connectivity index (χ0v) is 12.0. The molecule has 4 heteroatoms. The van der Waals surface area contributed by atoms with E-state index in [-0.39, 0.29) is 23.9 Å². The Morgan fingerprint density at radius 3 is 2.56 bits per heavy atom. The summed E-state index contributed by atoms with van der Waals surface area (Å²) in [4.78, 5) is 0. The van der Waals surface area contributed by atoms with Crippen LogP contribution in [0.15, 0.2) is 12.2 Å². The molecule has 0 aromatic heterocycles. The van der Waals surface area contributed by atoms with Crippen LogP contribution in [0.2, 0.25) is 18.1 Å². The summed E-state index contributed by atoms with van der Waals surface area (Å²) in [6.45, 7) is 11.6. The van der Waals surface area contributed by atoms with Gasteiger partial charge >= 0.3 is 0 Å². The molecule has 0 fully saturated rings. The maximum absolute atomic E-state index is 9.24. The summed E-state index contributed by atoms with van der Waals surface area (Å²) >= 11 is 0. The second-order valence-electron chi connectivity index (χ2n) is 5.83. The van der Waals surface area contributed by atoms with Crippen molar-refractivity contribution in [2.75, 3.05) is 13.2 Å². The Labute approximate surface area is 99.6 Å². The Kier molecular flexibility index (Phi) is 4.34. The molecular formula is C12H24O3Si. The lowest BCUT2D eigenvalue weighted by atomic mass is 10.2. The van der Waals surface area contributed by atoms with Gasteiger partial charge in [-0.1, -0.05) is 32.9 Å². The molecule has 0 bridgehead atoms. The lowest BCUT2D eigenvalue weighted by Crippen LogP contribution is -2.48. The largest absolute Gasteiger partial charge is 0.408 e. The Balaban J connectivity index is 2.71. The third-order valence-corrected chi connectivity index (χ3v) is 7.99. The van der Waals surface area contributed by atoms with Gasteiger partial charge in [0.2, 0.25) is 0 Å². The van der Waals surface area contributed by atoms with Crippen LogP contribution in [0.1, 0.15) is 20.8 Å². The molecule has 0 saturated heterocycles. The molecule has 2 atom stereocenters. The van der Waals surface area contributed by atoms with Crippen molar-refractivity contribution in [3.63, 3.8) is 0 Å². The van der Waals surface area contributed by atoms with E-state index in [1.807, 2.05) is 12.2 Å². The van der Waals surface area contributed by atoms with Crippen LogP contribution < -0.4 is 0 Å². The summed E-state index contributed by atoms with van der Waals surface area (Å²) < 4.78 is 11.7. The molecule has 1 aliphatic rings. The van der Waals surface area contributed by atoms with E-state index >= 15 is 0 Å². The molecule has 3 nitrogen and oxygen atoms in total. The molecular weight excluding hydrogens is 220 g/mol. The minimum atomic E-state index is -1.79. The molecule has 0 unspecified atom stereocenters. The van der Waals surface area contributed by atoms with Gasteiger partial charge in [0.1, 0.15) is 6.10 Å². The molecule has 1 aliphatic heterocycles. The molecule has 16 heavy (non-hydrogen) atoms. The lowest BCUT2D eigenvalue weighted by molar-refractivity contribution is -0.0394. The van der Waals surface area contributed by atoms with E-state index in [0.717, 1.165) is 0 Å². The molecule has 1 N–H and O–H groups in total. The molecule has 94 valence electrons. The number of hydrogen-bond acceptors (Lipinski definition) is 3. The van der Waals surface area contributed by atoms with E-state index < -0.39 is 8.32 Å². The SMILES string of the molecule is CC(C)(C)[Si](C)(C)O[C@@H]1C=CCO[C@@H]1CO. The maximum atomic E-state index is 9.24. The van der Waals surface area contributed by atoms with Gasteiger partial charge in [0.15, 0.2) is 8.32 Å². The molecule has 0 spiro atoms. The minimum absolute atomic E-state index is 0.0175. The van der Waals surface area contributed by atoms with Gasteiger partial charge in [-0.15, -0.1) is 0 Å². The first-order valence-electron chi connectivity index (χ1n) is 5.85. The second kappa shape index (κ2) is 5.00. The Morgan fingerprint density at radius 1 is 1.44 bits per heavy atom. The van der Waals surface area contributed by atoms with Gasteiger partial charge in [0, 0.05) is 0 Å². The van der Waals surface area contributed by atoms with E-state index in [0.29, 0.717) is 6.61 Å². The van der Waals surface area contributed by atoms with Crippen molar-refractivity contribution in [2.24, 2.45) is 0 Å². The number of aliphatic hydroxyl groups is 1. The van der Waals surface area contributed by atoms with Crippen molar-refractivity contribution in [2.45, 2.75) is 51.1 Å². The second-order valence-corrected chi connectivity index (χ2v) is 10.6. The summed E-state index contributed by atoms with van der Waals surface area (Å²) in [7, 11) is -1.79. The third kappa shape index (κ3) is 3.17. The molecule has 0 amide bonds. The predicted molar refractivity (Wildman–Crippen MR) is 68.0 cm³/mol. The average molecular weight is 244 g/mol. The summed E-state index contributed by atoms with van der Waals surface area (Å²) in [5.74, 6) is 0. The van der Waals surface area contributed by atoms with Crippen LogP contribution in [0.3, 0.4) is 0 Å². The maximum Gasteiger partial charge on any atom is 0.193 e. The van der Waals surface area contributed by atoms with Gasteiger partial charge in [-0.05, 0) is 18.1 Å². The Morgan fingerprint density at radius 2 is 2.06 bits per heavy atom. The van der Waals surface area contributed by atoms with Gasteiger partial charge in [0.05, 0.1) is 19.3 Å². The fourth-order valence-electron chi connectivity index (χ4n) is 1.38. The van der Waals surface area contributed by atoms with Crippen LogP contribution in [0.25, 0.3) is 0 Å². The predicted octanol–water partition coefficient (Wildman–Crippen LogP) is 2.32. The van der Waals surface area contributed by atoms with Gasteiger partial charge in [-0.25, -0.2) is 0 Å². The van der Waals surface area contributed by atoms with E-state index in [1.54, 1.807) is 0 Å². The summed E-state index contributed by atoms with van der Waals surface area (Å²) in [5.41, 5.74) is 0. The number of rotatable bonds is 3. The fourth-order valence-corrected chi connectivity index (χ4v) is 2.64. The zero-order valence-electron chi connectivity index (χ0n) is 11.0. The highest BCUT2D eigenvalue weighted by atomic mass is 28.4. The molecule has 0 radical (unpaired) electrons. The Hall–Kier alpha value is -0.163. The van der Waals surface area contributed by atoms with Crippen LogP contribution in [-0.4, -0.2) is 38.8 Å². The van der Waals surface area contributed by atoms with E-state index in [4.69, 9.17) is 9.16 Å². The third-order valence-electron chi connectivity index (χ3n) is 3.52. The fraction of sp³-hybridized carbons (Fsp3) is 0.833. The van der Waals surface area contributed by atoms with Crippen LogP contribution in [0.5, 0.6) is 0 Å². The summed E-state index contributed by atoms with van der Waals surface area (Å²) in [6, 6.07) is 0. The molecule has 0 aromatic rings. The number of ether oxygens (including phenoxy) is 1. The molecule has 0 aliphatic carbocycles. The first kappa shape index (κ1) is 13.9. The topological polar surface area (TPSA) is 38.7 Å². The zero-order chi connectivity index (χ0) is 12.4. The normalized spacial score (nSPS) is 27.1. The molecule has 0 aromatic carbocycles. The molecule has 1 heterocycles. The standard InChI is InChI=1S/C12H24O3Si/c1-12(2,3)16(4,5)15-10-7-6-8-14-11(10)9-13/h6-7,10-11,13H,8-9H2,1-5H3/t10-,11-/m1/s1. The lowest BCUT2D eigenvalue weighted by Gasteiger charge is -2.41. The minimum Gasteiger partial charge on any atom is -0.408 e. The van der Waals surface area contributed by atoms with E-state index in [9.17, 15) is 5.11 Å². The quantitative estimate of drug-likeness (QED) is 0.612. The highest BCUT2D eigenvalue weighted by Gasteiger charge is 2.40. The van der Waals surface area contributed by atoms with Gasteiger partial charge in [0.25, 0.3) is 0 Å². The molecule has 0 saturated carbocycles. The summed E-state index contributed by atoms with van der Waals surface area (Å²) in [6.07, 6.45) is 3.67. The summed E-state index contributed by atoms with van der Waals surface area (Å²) in [5, 5.41) is 9.42. The number of hydrogen-bond donors (Lipinski definition) is 1. The molecule has 1 rings (SSSR count). The van der Waals surface area contributed by atoms with Crippen molar-refractivity contribution in [3.8, 4) is 0 Å². The number of aliphatic hydroxyl groups excluding tert-OH is 1. The van der Waals surface area contributed by atoms with Crippen LogP contribution in [0.4, 0.5) is 0 Å². The van der Waals surface area contributed by atoms with E-state index in [2.05, 4.69) is 33.9 Å². The highest BCUT2D eigenvalue weighted by molar-refractivity contribution is 6.74. The van der Waals surface area contributed by atoms with Gasteiger partial charge in [-0.3, -0.25) is 0 Å².